The van der Waals surface area contributed by atoms with Crippen molar-refractivity contribution in [1.29, 1.82) is 0 Å². The lowest BCUT2D eigenvalue weighted by atomic mass is 9.78. The molecule has 350 valence electrons. The van der Waals surface area contributed by atoms with E-state index in [1.165, 1.54) is 11.0 Å². The van der Waals surface area contributed by atoms with Crippen LogP contribution in [0.2, 0.25) is 5.02 Å². The number of benzene rings is 2. The van der Waals surface area contributed by atoms with E-state index in [1.54, 1.807) is 27.9 Å². The molecule has 0 saturated carbocycles. The highest BCUT2D eigenvalue weighted by Crippen LogP contribution is 2.39. The molecule has 19 heteroatoms. The third kappa shape index (κ3) is 11.6. The summed E-state index contributed by atoms with van der Waals surface area (Å²) in [6, 6.07) is 7.24. The Balaban J connectivity index is 0.917. The van der Waals surface area contributed by atoms with E-state index in [-0.39, 0.29) is 67.1 Å². The Labute approximate surface area is 376 Å². The van der Waals surface area contributed by atoms with Gasteiger partial charge in [-0.15, -0.1) is 0 Å². The van der Waals surface area contributed by atoms with Gasteiger partial charge in [0.25, 0.3) is 5.91 Å². The molecule has 5 aliphatic rings. The lowest BCUT2D eigenvalue weighted by molar-refractivity contribution is -0.146. The highest BCUT2D eigenvalue weighted by Gasteiger charge is 2.39. The number of nitrogens with two attached hydrogens (primary N) is 1. The van der Waals surface area contributed by atoms with Gasteiger partial charge < -0.3 is 49.8 Å². The zero-order chi connectivity index (χ0) is 45.5. The van der Waals surface area contributed by atoms with E-state index in [4.69, 9.17) is 31.5 Å². The van der Waals surface area contributed by atoms with E-state index in [2.05, 4.69) is 10.2 Å². The molecule has 5 heterocycles. The number of nitrogens with zero attached hydrogens (tertiary/aromatic N) is 5. The van der Waals surface area contributed by atoms with Crippen molar-refractivity contribution in [2.45, 2.75) is 89.0 Å². The zero-order valence-corrected chi connectivity index (χ0v) is 37.1. The Bertz CT molecular complexity index is 2020. The second kappa shape index (κ2) is 20.9. The summed E-state index contributed by atoms with van der Waals surface area (Å²) in [6.45, 7) is 5.42. The van der Waals surface area contributed by atoms with Crippen molar-refractivity contribution in [3.8, 4) is 5.75 Å². The molecular weight excluding hydrogens is 859 g/mol. The maximum Gasteiger partial charge on any atom is 0.418 e. The average Bonchev–Trinajstić information content (AvgIpc) is 3.62. The van der Waals surface area contributed by atoms with Crippen LogP contribution >= 0.6 is 11.6 Å². The number of halogens is 4. The molecule has 0 radical (unpaired) electrons. The molecule has 4 fully saturated rings. The summed E-state index contributed by atoms with van der Waals surface area (Å²) in [5.74, 6) is 0.837. The Morgan fingerprint density at radius 3 is 2.22 bits per heavy atom. The van der Waals surface area contributed by atoms with Crippen LogP contribution in [-0.2, 0) is 42.9 Å². The van der Waals surface area contributed by atoms with Gasteiger partial charge in [0.1, 0.15) is 12.4 Å². The first kappa shape index (κ1) is 47.0. The van der Waals surface area contributed by atoms with Crippen molar-refractivity contribution in [1.82, 2.24) is 24.5 Å². The number of piperidine rings is 3. The molecule has 7 rings (SSSR count). The van der Waals surface area contributed by atoms with Gasteiger partial charge in [-0.3, -0.25) is 14.4 Å². The van der Waals surface area contributed by atoms with E-state index in [9.17, 15) is 37.1 Å². The molecule has 0 aromatic heterocycles. The third-order valence-electron chi connectivity index (χ3n) is 13.6. The summed E-state index contributed by atoms with van der Waals surface area (Å²) in [4.78, 5) is 74.3. The molecule has 5 aliphatic heterocycles. The van der Waals surface area contributed by atoms with Gasteiger partial charge in [0.15, 0.2) is 6.10 Å². The number of methoxy groups -OCH3 is 1. The van der Waals surface area contributed by atoms with Gasteiger partial charge in [-0.2, -0.15) is 13.2 Å². The van der Waals surface area contributed by atoms with Crippen LogP contribution in [0, 0.1) is 11.8 Å². The van der Waals surface area contributed by atoms with Crippen LogP contribution in [0.1, 0.15) is 74.5 Å². The van der Waals surface area contributed by atoms with E-state index in [0.29, 0.717) is 82.5 Å². The first-order valence-electron chi connectivity index (χ1n) is 22.5. The van der Waals surface area contributed by atoms with E-state index < -0.39 is 35.5 Å². The third-order valence-corrected chi connectivity index (χ3v) is 13.9. The molecule has 5 amide bonds. The number of rotatable bonds is 13. The zero-order valence-electron chi connectivity index (χ0n) is 36.3. The van der Waals surface area contributed by atoms with E-state index in [1.807, 2.05) is 12.1 Å². The number of amides is 5. The predicted octanol–water partition coefficient (Wildman–Crippen LogP) is 6.06. The number of carbonyl (C=O) groups is 5. The minimum absolute atomic E-state index is 0.0515. The Kier molecular flexibility index (Phi) is 15.3. The van der Waals surface area contributed by atoms with Crippen LogP contribution in [0.4, 0.5) is 34.1 Å². The van der Waals surface area contributed by atoms with Gasteiger partial charge in [0.05, 0.1) is 36.3 Å². The predicted molar refractivity (Wildman–Crippen MR) is 232 cm³/mol. The van der Waals surface area contributed by atoms with Gasteiger partial charge in [-0.25, -0.2) is 9.59 Å². The maximum atomic E-state index is 14.2. The van der Waals surface area contributed by atoms with Crippen LogP contribution in [0.25, 0.3) is 0 Å². The van der Waals surface area contributed by atoms with Crippen LogP contribution in [-0.4, -0.2) is 146 Å². The second-order valence-corrected chi connectivity index (χ2v) is 17.9. The molecule has 15 nitrogen and oxygen atoms in total. The summed E-state index contributed by atoms with van der Waals surface area (Å²) in [5, 5.41) is 2.67. The van der Waals surface area contributed by atoms with Crippen molar-refractivity contribution < 1.29 is 51.4 Å². The van der Waals surface area contributed by atoms with Crippen molar-refractivity contribution >= 4 is 52.9 Å². The van der Waals surface area contributed by atoms with Crippen LogP contribution in [0.3, 0.4) is 0 Å². The Morgan fingerprint density at radius 1 is 0.875 bits per heavy atom. The number of carbonyl (C=O) groups excluding carboxylic acids is 5. The minimum Gasteiger partial charge on any atom is -0.497 e. The number of hydrogen-bond acceptors (Lipinski definition) is 10. The standard InChI is InChI=1S/C45H59ClF3N7O8/c1-62-34-4-5-37-32(28-34)10-22-56(43(60)51-37)33-11-20-55(21-12-33)44(61)64-38(27-29-25-35(45(47,48)49)41(50)36(46)26-29)42(59)54-18-8-31(9-19-54)30-6-15-52(16-7-30)17-13-40(58)63-24-23-53-14-2-3-39(53)57/h4-5,25-26,28,30-31,33,38H,2-3,6-24,27,50H2,1H3,(H,51,60)/t38-/m1/s1. The summed E-state index contributed by atoms with van der Waals surface area (Å²) >= 11 is 6.17. The van der Waals surface area contributed by atoms with Gasteiger partial charge in [-0.05, 0) is 118 Å². The minimum atomic E-state index is -4.80. The lowest BCUT2D eigenvalue weighted by Crippen LogP contribution is -2.52. The van der Waals surface area contributed by atoms with Crippen LogP contribution in [0.5, 0.6) is 5.75 Å². The van der Waals surface area contributed by atoms with Crippen molar-refractivity contribution in [2.24, 2.45) is 11.8 Å². The van der Waals surface area contributed by atoms with Crippen LogP contribution in [0.15, 0.2) is 30.3 Å². The Hall–Kier alpha value is -4.97. The van der Waals surface area contributed by atoms with Gasteiger partial charge in [0.2, 0.25) is 5.91 Å². The SMILES string of the molecule is COc1ccc2c(c1)CCN(C1CCN(C(=O)O[C@H](Cc3cc(Cl)c(N)c(C(F)(F)F)c3)C(=O)N3CCC(C4CCN(CCC(=O)OCCN5CCCC5=O)CC4)CC3)CC1)C(=O)N2. The molecular formula is C45H59ClF3N7O8. The van der Waals surface area contributed by atoms with E-state index >= 15 is 0 Å². The number of esters is 1. The number of urea groups is 1. The van der Waals surface area contributed by atoms with Crippen molar-refractivity contribution in [2.75, 3.05) is 90.2 Å². The van der Waals surface area contributed by atoms with Gasteiger partial charge in [-0.1, -0.05) is 11.6 Å². The largest absolute Gasteiger partial charge is 0.497 e. The number of likely N-dealkylation sites (tertiary alicyclic amines) is 4. The molecule has 1 atom stereocenters. The summed E-state index contributed by atoms with van der Waals surface area (Å²) < 4.78 is 58.5. The smallest absolute Gasteiger partial charge is 0.418 e. The highest BCUT2D eigenvalue weighted by atomic mass is 35.5. The highest BCUT2D eigenvalue weighted by molar-refractivity contribution is 6.33. The second-order valence-electron chi connectivity index (χ2n) is 17.5. The fourth-order valence-corrected chi connectivity index (χ4v) is 10.1. The number of ether oxygens (including phenoxy) is 3. The number of fused-ring (bicyclic) bond motifs is 1. The molecule has 0 bridgehead atoms. The molecule has 2 aromatic rings. The average molecular weight is 918 g/mol. The number of alkyl halides is 3. The topological polar surface area (TPSA) is 167 Å². The fraction of sp³-hybridized carbons (Fsp3) is 0.622. The molecule has 2 aromatic carbocycles. The van der Waals surface area contributed by atoms with Crippen molar-refractivity contribution in [3.05, 3.63) is 52.0 Å². The monoisotopic (exact) mass is 917 g/mol. The number of anilines is 2. The number of nitrogen functional groups attached to an aromatic ring is 1. The van der Waals surface area contributed by atoms with Crippen LogP contribution < -0.4 is 15.8 Å². The molecule has 0 unspecified atom stereocenters. The molecule has 3 N–H and O–H groups in total. The van der Waals surface area contributed by atoms with E-state index in [0.717, 1.165) is 62.5 Å². The van der Waals surface area contributed by atoms with Crippen molar-refractivity contribution in [3.63, 3.8) is 0 Å². The quantitative estimate of drug-likeness (QED) is 0.178. The summed E-state index contributed by atoms with van der Waals surface area (Å²) in [7, 11) is 1.59. The Morgan fingerprint density at radius 2 is 1.56 bits per heavy atom. The summed E-state index contributed by atoms with van der Waals surface area (Å²) in [5.41, 5.74) is 5.68. The molecule has 64 heavy (non-hydrogen) atoms. The van der Waals surface area contributed by atoms with Gasteiger partial charge >= 0.3 is 24.3 Å². The number of hydrogen-bond donors (Lipinski definition) is 2. The molecule has 4 saturated heterocycles. The molecule has 0 aliphatic carbocycles. The van der Waals surface area contributed by atoms with Gasteiger partial charge in [0, 0.05) is 70.4 Å². The maximum absolute atomic E-state index is 14.2. The fourth-order valence-electron chi connectivity index (χ4n) is 9.85. The summed E-state index contributed by atoms with van der Waals surface area (Å²) in [6.07, 6.45) is -0.748. The first-order chi connectivity index (χ1) is 30.7. The normalized spacial score (nSPS) is 20.1. The molecule has 0 spiro atoms. The number of nitrogens with one attached hydrogen (secondary N) is 1. The first-order valence-corrected chi connectivity index (χ1v) is 22.8. The lowest BCUT2D eigenvalue weighted by Gasteiger charge is -2.41.